The molecule has 0 aliphatic carbocycles. The summed E-state index contributed by atoms with van der Waals surface area (Å²) in [5.74, 6) is -0.983. The number of halogens is 2. The summed E-state index contributed by atoms with van der Waals surface area (Å²) in [7, 11) is 4.03. The van der Waals surface area contributed by atoms with Gasteiger partial charge in [-0.1, -0.05) is 0 Å². The van der Waals surface area contributed by atoms with Crippen LogP contribution in [0.15, 0.2) is 35.5 Å². The van der Waals surface area contributed by atoms with Crippen molar-refractivity contribution in [3.8, 4) is 0 Å². The van der Waals surface area contributed by atoms with E-state index < -0.39 is 17.3 Å². The second-order valence-corrected chi connectivity index (χ2v) is 6.03. The van der Waals surface area contributed by atoms with E-state index in [1.54, 1.807) is 12.3 Å². The third kappa shape index (κ3) is 4.74. The average molecular weight is 323 g/mol. The minimum absolute atomic E-state index is 0.136. The van der Waals surface area contributed by atoms with Crippen LogP contribution in [0.1, 0.15) is 19.8 Å². The fraction of sp³-hybridized carbons (Fsp3) is 0.438. The predicted molar refractivity (Wildman–Crippen MR) is 89.0 cm³/mol. The third-order valence-corrected chi connectivity index (χ3v) is 3.94. The highest BCUT2D eigenvalue weighted by molar-refractivity contribution is 5.95. The van der Waals surface area contributed by atoms with Crippen molar-refractivity contribution in [3.05, 3.63) is 42.1 Å². The van der Waals surface area contributed by atoms with E-state index in [2.05, 4.69) is 27.4 Å². The molecule has 7 heteroatoms. The van der Waals surface area contributed by atoms with Crippen molar-refractivity contribution in [1.82, 2.24) is 10.2 Å². The van der Waals surface area contributed by atoms with E-state index in [0.717, 1.165) is 12.5 Å². The molecule has 0 saturated carbocycles. The molecule has 2 rings (SSSR count). The Morgan fingerprint density at radius 1 is 1.39 bits per heavy atom. The van der Waals surface area contributed by atoms with E-state index in [0.29, 0.717) is 18.4 Å². The van der Waals surface area contributed by atoms with Crippen LogP contribution in [0, 0.1) is 11.6 Å². The zero-order chi connectivity index (χ0) is 17.0. The Morgan fingerprint density at radius 3 is 2.78 bits per heavy atom. The average Bonchev–Trinajstić information content (AvgIpc) is 2.48. The van der Waals surface area contributed by atoms with Gasteiger partial charge in [0.25, 0.3) is 0 Å². The molecule has 2 atom stereocenters. The number of nitrogens with zero attached hydrogens (tertiary/aromatic N) is 2. The number of guanidine groups is 1. The Kier molecular flexibility index (Phi) is 5.33. The van der Waals surface area contributed by atoms with Gasteiger partial charge in [-0.3, -0.25) is 0 Å². The van der Waals surface area contributed by atoms with Crippen LogP contribution < -0.4 is 16.4 Å². The highest BCUT2D eigenvalue weighted by Crippen LogP contribution is 2.20. The van der Waals surface area contributed by atoms with E-state index >= 15 is 0 Å². The van der Waals surface area contributed by atoms with Crippen molar-refractivity contribution in [2.75, 3.05) is 19.4 Å². The smallest absolute Gasteiger partial charge is 0.202 e. The fourth-order valence-corrected chi connectivity index (χ4v) is 2.16. The molecule has 1 aromatic carbocycles. The van der Waals surface area contributed by atoms with Crippen LogP contribution in [0.25, 0.3) is 0 Å². The van der Waals surface area contributed by atoms with Gasteiger partial charge in [0, 0.05) is 18.3 Å². The Hall–Kier alpha value is -1.99. The largest absolute Gasteiger partial charge is 0.333 e. The Balaban J connectivity index is 2.06. The van der Waals surface area contributed by atoms with Gasteiger partial charge in [0.1, 0.15) is 17.3 Å². The maximum atomic E-state index is 13.7. The van der Waals surface area contributed by atoms with Crippen LogP contribution in [0.2, 0.25) is 0 Å². The van der Waals surface area contributed by atoms with Gasteiger partial charge < -0.3 is 21.3 Å². The SMILES string of the molecule is CC(CCC1(N)C=CNC(Nc2ccc(F)cc2F)=N1)N(C)C. The predicted octanol–water partition coefficient (Wildman–Crippen LogP) is 2.23. The maximum absolute atomic E-state index is 13.7. The molecule has 0 fully saturated rings. The summed E-state index contributed by atoms with van der Waals surface area (Å²) in [4.78, 5) is 6.53. The first-order valence-corrected chi connectivity index (χ1v) is 7.50. The van der Waals surface area contributed by atoms with Crippen LogP contribution in [0.4, 0.5) is 14.5 Å². The zero-order valence-corrected chi connectivity index (χ0v) is 13.6. The van der Waals surface area contributed by atoms with Gasteiger partial charge in [0.05, 0.1) is 5.69 Å². The van der Waals surface area contributed by atoms with Gasteiger partial charge in [-0.2, -0.15) is 0 Å². The van der Waals surface area contributed by atoms with Crippen molar-refractivity contribution in [3.63, 3.8) is 0 Å². The number of anilines is 1. The first kappa shape index (κ1) is 17.4. The Morgan fingerprint density at radius 2 is 2.13 bits per heavy atom. The van der Waals surface area contributed by atoms with Crippen LogP contribution in [0.5, 0.6) is 0 Å². The minimum atomic E-state index is -0.853. The van der Waals surface area contributed by atoms with Crippen LogP contribution in [0.3, 0.4) is 0 Å². The quantitative estimate of drug-likeness (QED) is 0.777. The molecule has 2 unspecified atom stereocenters. The number of hydrogen-bond acceptors (Lipinski definition) is 5. The molecule has 0 bridgehead atoms. The van der Waals surface area contributed by atoms with Gasteiger partial charge in [-0.05, 0) is 52.1 Å². The standard InChI is InChI=1S/C16H23F2N5/c1-11(23(2)3)6-7-16(19)8-9-20-15(22-16)21-14-5-4-12(17)10-13(14)18/h4-5,8-11H,6-7,19H2,1-3H3,(H2,20,21,22). The first-order chi connectivity index (χ1) is 10.8. The van der Waals surface area contributed by atoms with E-state index in [9.17, 15) is 8.78 Å². The van der Waals surface area contributed by atoms with Crippen LogP contribution >= 0.6 is 0 Å². The Labute approximate surface area is 135 Å². The number of aliphatic imine (C=N–C) groups is 1. The molecule has 0 spiro atoms. The summed E-state index contributed by atoms with van der Waals surface area (Å²) < 4.78 is 26.6. The molecule has 1 aromatic rings. The molecule has 0 saturated heterocycles. The van der Waals surface area contributed by atoms with Gasteiger partial charge in [0.2, 0.25) is 5.96 Å². The lowest BCUT2D eigenvalue weighted by atomic mass is 10.0. The molecular formula is C16H23F2N5. The number of benzene rings is 1. The normalized spacial score (nSPS) is 21.8. The van der Waals surface area contributed by atoms with E-state index in [-0.39, 0.29) is 5.69 Å². The summed E-state index contributed by atoms with van der Waals surface area (Å²) in [6.45, 7) is 2.12. The lowest BCUT2D eigenvalue weighted by Crippen LogP contribution is -2.44. The fourth-order valence-electron chi connectivity index (χ4n) is 2.16. The number of nitrogens with two attached hydrogens (primary N) is 1. The summed E-state index contributed by atoms with van der Waals surface area (Å²) in [5, 5.41) is 5.68. The second-order valence-electron chi connectivity index (χ2n) is 6.03. The third-order valence-electron chi connectivity index (χ3n) is 3.94. The molecule has 23 heavy (non-hydrogen) atoms. The summed E-state index contributed by atoms with van der Waals surface area (Å²) >= 11 is 0. The Bertz CT molecular complexity index is 614. The number of nitrogens with one attached hydrogen (secondary N) is 2. The van der Waals surface area contributed by atoms with E-state index in [1.165, 1.54) is 12.1 Å². The van der Waals surface area contributed by atoms with Gasteiger partial charge in [0.15, 0.2) is 0 Å². The molecule has 126 valence electrons. The minimum Gasteiger partial charge on any atom is -0.333 e. The van der Waals surface area contributed by atoms with Gasteiger partial charge >= 0.3 is 0 Å². The molecule has 0 radical (unpaired) electrons. The molecule has 1 aliphatic heterocycles. The van der Waals surface area contributed by atoms with Gasteiger partial charge in [-0.25, -0.2) is 13.8 Å². The number of hydrogen-bond donors (Lipinski definition) is 3. The van der Waals surface area contributed by atoms with Crippen molar-refractivity contribution in [1.29, 1.82) is 0 Å². The van der Waals surface area contributed by atoms with Crippen molar-refractivity contribution >= 4 is 11.6 Å². The molecule has 1 aliphatic rings. The number of rotatable bonds is 5. The molecule has 1 heterocycles. The summed E-state index contributed by atoms with van der Waals surface area (Å²) in [6, 6.07) is 3.69. The maximum Gasteiger partial charge on any atom is 0.202 e. The van der Waals surface area contributed by atoms with Crippen LogP contribution in [-0.4, -0.2) is 36.7 Å². The lowest BCUT2D eigenvalue weighted by Gasteiger charge is -2.29. The molecule has 0 aromatic heterocycles. The van der Waals surface area contributed by atoms with Crippen molar-refractivity contribution in [2.24, 2.45) is 10.7 Å². The summed E-state index contributed by atoms with van der Waals surface area (Å²) in [5.41, 5.74) is 5.57. The highest BCUT2D eigenvalue weighted by Gasteiger charge is 2.25. The molecule has 4 N–H and O–H groups in total. The van der Waals surface area contributed by atoms with Gasteiger partial charge in [-0.15, -0.1) is 0 Å². The van der Waals surface area contributed by atoms with Crippen molar-refractivity contribution in [2.45, 2.75) is 31.5 Å². The van der Waals surface area contributed by atoms with Crippen molar-refractivity contribution < 1.29 is 8.78 Å². The molecule has 5 nitrogen and oxygen atoms in total. The topological polar surface area (TPSA) is 65.7 Å². The first-order valence-electron chi connectivity index (χ1n) is 7.50. The van der Waals surface area contributed by atoms with E-state index in [1.807, 2.05) is 14.1 Å². The molecular weight excluding hydrogens is 300 g/mol. The van der Waals surface area contributed by atoms with Crippen LogP contribution in [-0.2, 0) is 0 Å². The second kappa shape index (κ2) is 7.06. The zero-order valence-electron chi connectivity index (χ0n) is 13.6. The monoisotopic (exact) mass is 323 g/mol. The molecule has 0 amide bonds. The van der Waals surface area contributed by atoms with E-state index in [4.69, 9.17) is 5.73 Å². The highest BCUT2D eigenvalue weighted by atomic mass is 19.1. The lowest BCUT2D eigenvalue weighted by molar-refractivity contribution is 0.278. The summed E-state index contributed by atoms with van der Waals surface area (Å²) in [6.07, 6.45) is 4.98.